The highest BCUT2D eigenvalue weighted by atomic mass is 32.2. The van der Waals surface area contributed by atoms with Gasteiger partial charge in [-0.25, -0.2) is 0 Å². The van der Waals surface area contributed by atoms with E-state index in [0.29, 0.717) is 13.1 Å². The number of nitrogens with one attached hydrogen (secondary N) is 1. The van der Waals surface area contributed by atoms with Gasteiger partial charge in [-0.15, -0.1) is 11.8 Å². The van der Waals surface area contributed by atoms with Gasteiger partial charge in [-0.1, -0.05) is 6.07 Å². The van der Waals surface area contributed by atoms with Crippen molar-refractivity contribution >= 4 is 29.3 Å². The molecule has 1 N–H and O–H groups in total. The molecule has 1 aliphatic rings. The number of nitrogens with zero attached hydrogens (tertiary/aromatic N) is 2. The Hall–Kier alpha value is -2.34. The fourth-order valence-electron chi connectivity index (χ4n) is 2.73. The summed E-state index contributed by atoms with van der Waals surface area (Å²) in [6.45, 7) is 0.857. The van der Waals surface area contributed by atoms with Gasteiger partial charge in [0.1, 0.15) is 0 Å². The maximum Gasteiger partial charge on any atom is 0.227 e. The van der Waals surface area contributed by atoms with E-state index in [9.17, 15) is 9.59 Å². The molecule has 1 aromatic carbocycles. The van der Waals surface area contributed by atoms with Crippen LogP contribution in [0.5, 0.6) is 0 Å². The first kappa shape index (κ1) is 16.5. The van der Waals surface area contributed by atoms with Crippen molar-refractivity contribution in [2.45, 2.75) is 17.9 Å². The Morgan fingerprint density at radius 2 is 2.12 bits per heavy atom. The molecule has 1 unspecified atom stereocenters. The number of thioether (sulfide) groups is 1. The minimum absolute atomic E-state index is 0.00608. The minimum Gasteiger partial charge on any atom is -0.352 e. The summed E-state index contributed by atoms with van der Waals surface area (Å²) in [5.41, 5.74) is 1.79. The van der Waals surface area contributed by atoms with Crippen molar-refractivity contribution in [2.75, 3.05) is 17.7 Å². The Balaban J connectivity index is 1.60. The van der Waals surface area contributed by atoms with Gasteiger partial charge in [-0.2, -0.15) is 0 Å². The first-order valence-electron chi connectivity index (χ1n) is 7.78. The van der Waals surface area contributed by atoms with Crippen molar-refractivity contribution in [3.8, 4) is 0 Å². The number of hydrogen-bond acceptors (Lipinski definition) is 4. The average molecular weight is 341 g/mol. The molecular weight excluding hydrogens is 322 g/mol. The summed E-state index contributed by atoms with van der Waals surface area (Å²) in [6.07, 6.45) is 5.68. The van der Waals surface area contributed by atoms with E-state index in [1.54, 1.807) is 29.1 Å². The second-order valence-corrected chi connectivity index (χ2v) is 6.56. The summed E-state index contributed by atoms with van der Waals surface area (Å²) in [5.74, 6) is -0.404. The SMILES string of the molecule is CSc1ccc(N2CC(C(=O)NCc3cccnc3)CC2=O)cc1. The molecule has 124 valence electrons. The molecule has 6 heteroatoms. The number of carbonyl (C=O) groups is 2. The number of anilines is 1. The van der Waals surface area contributed by atoms with E-state index >= 15 is 0 Å². The molecule has 2 amide bonds. The summed E-state index contributed by atoms with van der Waals surface area (Å²) in [7, 11) is 0. The van der Waals surface area contributed by atoms with E-state index in [2.05, 4.69) is 10.3 Å². The van der Waals surface area contributed by atoms with Crippen LogP contribution in [0.2, 0.25) is 0 Å². The zero-order valence-corrected chi connectivity index (χ0v) is 14.3. The van der Waals surface area contributed by atoms with Crippen molar-refractivity contribution in [2.24, 2.45) is 5.92 Å². The predicted octanol–water partition coefficient (Wildman–Crippen LogP) is 2.47. The van der Waals surface area contributed by atoms with Crippen molar-refractivity contribution in [1.82, 2.24) is 10.3 Å². The Morgan fingerprint density at radius 1 is 1.33 bits per heavy atom. The highest BCUT2D eigenvalue weighted by Gasteiger charge is 2.34. The summed E-state index contributed by atoms with van der Waals surface area (Å²) < 4.78 is 0. The predicted molar refractivity (Wildman–Crippen MR) is 94.8 cm³/mol. The number of benzene rings is 1. The molecule has 1 fully saturated rings. The first-order valence-corrected chi connectivity index (χ1v) is 9.01. The molecule has 5 nitrogen and oxygen atoms in total. The highest BCUT2D eigenvalue weighted by molar-refractivity contribution is 7.98. The first-order chi connectivity index (χ1) is 11.7. The largest absolute Gasteiger partial charge is 0.352 e. The molecule has 2 aromatic rings. The molecule has 24 heavy (non-hydrogen) atoms. The lowest BCUT2D eigenvalue weighted by atomic mass is 10.1. The quantitative estimate of drug-likeness (QED) is 0.849. The highest BCUT2D eigenvalue weighted by Crippen LogP contribution is 2.27. The van der Waals surface area contributed by atoms with Gasteiger partial charge in [0, 0.05) is 42.5 Å². The molecule has 1 aromatic heterocycles. The molecule has 0 bridgehead atoms. The van der Waals surface area contributed by atoms with Gasteiger partial charge in [0.15, 0.2) is 0 Å². The second-order valence-electron chi connectivity index (χ2n) is 5.68. The fourth-order valence-corrected chi connectivity index (χ4v) is 3.14. The van der Waals surface area contributed by atoms with Crippen molar-refractivity contribution in [1.29, 1.82) is 0 Å². The molecule has 0 radical (unpaired) electrons. The van der Waals surface area contributed by atoms with E-state index < -0.39 is 0 Å². The standard InChI is InChI=1S/C18H19N3O2S/c1-24-16-6-4-15(5-7-16)21-12-14(9-17(21)22)18(23)20-11-13-3-2-8-19-10-13/h2-8,10,14H,9,11-12H2,1H3,(H,20,23). The van der Waals surface area contributed by atoms with Gasteiger partial charge in [0.25, 0.3) is 0 Å². The van der Waals surface area contributed by atoms with Gasteiger partial charge < -0.3 is 10.2 Å². The number of rotatable bonds is 5. The Kier molecular flexibility index (Phi) is 5.15. The third-order valence-electron chi connectivity index (χ3n) is 4.07. The van der Waals surface area contributed by atoms with Gasteiger partial charge >= 0.3 is 0 Å². The van der Waals surface area contributed by atoms with Gasteiger partial charge in [0.05, 0.1) is 5.92 Å². The topological polar surface area (TPSA) is 62.3 Å². The number of aromatic nitrogens is 1. The molecule has 3 rings (SSSR count). The molecule has 1 atom stereocenters. The van der Waals surface area contributed by atoms with Gasteiger partial charge in [0.2, 0.25) is 11.8 Å². The smallest absolute Gasteiger partial charge is 0.227 e. The van der Waals surface area contributed by atoms with Crippen molar-refractivity contribution in [3.05, 3.63) is 54.4 Å². The fraction of sp³-hybridized carbons (Fsp3) is 0.278. The number of hydrogen-bond donors (Lipinski definition) is 1. The average Bonchev–Trinajstić information content (AvgIpc) is 3.02. The van der Waals surface area contributed by atoms with Crippen molar-refractivity contribution < 1.29 is 9.59 Å². The molecular formula is C18H19N3O2S. The summed E-state index contributed by atoms with van der Waals surface area (Å²) in [6, 6.07) is 11.6. The van der Waals surface area contributed by atoms with E-state index in [1.165, 1.54) is 0 Å². The lowest BCUT2D eigenvalue weighted by Gasteiger charge is -2.17. The minimum atomic E-state index is -0.311. The van der Waals surface area contributed by atoms with Crippen LogP contribution in [0.3, 0.4) is 0 Å². The maximum atomic E-state index is 12.3. The van der Waals surface area contributed by atoms with Crippen LogP contribution in [0.25, 0.3) is 0 Å². The maximum absolute atomic E-state index is 12.3. The molecule has 0 aliphatic carbocycles. The van der Waals surface area contributed by atoms with Gasteiger partial charge in [-0.3, -0.25) is 14.6 Å². The van der Waals surface area contributed by atoms with E-state index in [-0.39, 0.29) is 24.2 Å². The second kappa shape index (κ2) is 7.49. The molecule has 0 spiro atoms. The zero-order chi connectivity index (χ0) is 16.9. The number of amides is 2. The van der Waals surface area contributed by atoms with Crippen LogP contribution in [-0.2, 0) is 16.1 Å². The normalized spacial score (nSPS) is 17.1. The summed E-state index contributed by atoms with van der Waals surface area (Å²) in [4.78, 5) is 31.4. The number of pyridine rings is 1. The third kappa shape index (κ3) is 3.76. The molecule has 2 heterocycles. The molecule has 1 aliphatic heterocycles. The van der Waals surface area contributed by atoms with E-state index in [0.717, 1.165) is 16.1 Å². The summed E-state index contributed by atoms with van der Waals surface area (Å²) in [5, 5.41) is 2.89. The van der Waals surface area contributed by atoms with Crippen LogP contribution in [0.15, 0.2) is 53.7 Å². The Labute approximate surface area is 145 Å². The van der Waals surface area contributed by atoms with Crippen LogP contribution in [-0.4, -0.2) is 29.6 Å². The Morgan fingerprint density at radius 3 is 2.79 bits per heavy atom. The van der Waals surface area contributed by atoms with Crippen LogP contribution in [0, 0.1) is 5.92 Å². The third-order valence-corrected chi connectivity index (χ3v) is 4.81. The van der Waals surface area contributed by atoms with Crippen LogP contribution < -0.4 is 10.2 Å². The Bertz CT molecular complexity index is 719. The lowest BCUT2D eigenvalue weighted by Crippen LogP contribution is -2.32. The summed E-state index contributed by atoms with van der Waals surface area (Å²) >= 11 is 1.66. The van der Waals surface area contributed by atoms with Crippen LogP contribution >= 0.6 is 11.8 Å². The monoisotopic (exact) mass is 341 g/mol. The number of carbonyl (C=O) groups excluding carboxylic acids is 2. The van der Waals surface area contributed by atoms with E-state index in [1.807, 2.05) is 42.7 Å². The van der Waals surface area contributed by atoms with Crippen molar-refractivity contribution in [3.63, 3.8) is 0 Å². The van der Waals surface area contributed by atoms with Crippen LogP contribution in [0.4, 0.5) is 5.69 Å². The molecule has 1 saturated heterocycles. The van der Waals surface area contributed by atoms with E-state index in [4.69, 9.17) is 0 Å². The zero-order valence-electron chi connectivity index (χ0n) is 13.4. The van der Waals surface area contributed by atoms with Gasteiger partial charge in [-0.05, 0) is 42.2 Å². The lowest BCUT2D eigenvalue weighted by molar-refractivity contribution is -0.126. The molecule has 0 saturated carbocycles. The van der Waals surface area contributed by atoms with Crippen LogP contribution in [0.1, 0.15) is 12.0 Å².